The minimum atomic E-state index is 0.00315. The van der Waals surface area contributed by atoms with Crippen molar-refractivity contribution in [2.24, 2.45) is 5.41 Å². The Balaban J connectivity index is 1.37. The molecule has 2 aliphatic rings. The van der Waals surface area contributed by atoms with E-state index in [-0.39, 0.29) is 17.9 Å². The first-order valence-corrected chi connectivity index (χ1v) is 11.1. The van der Waals surface area contributed by atoms with Gasteiger partial charge in [0.05, 0.1) is 6.61 Å². The average Bonchev–Trinajstić information content (AvgIpc) is 3.19. The third-order valence-electron chi connectivity index (χ3n) is 5.84. The van der Waals surface area contributed by atoms with Gasteiger partial charge in [0.15, 0.2) is 0 Å². The lowest BCUT2D eigenvalue weighted by atomic mass is 9.78. The number of aliphatic hydroxyl groups is 1. The third-order valence-corrected chi connectivity index (χ3v) is 6.87. The van der Waals surface area contributed by atoms with Gasteiger partial charge in [0.1, 0.15) is 0 Å². The van der Waals surface area contributed by atoms with Gasteiger partial charge in [-0.05, 0) is 44.3 Å². The van der Waals surface area contributed by atoms with Crippen molar-refractivity contribution in [3.05, 3.63) is 35.9 Å². The number of carbonyl (C=O) groups excluding carboxylic acids is 1. The molecule has 1 amide bonds. The number of thioether (sulfide) groups is 1. The lowest BCUT2D eigenvalue weighted by Gasteiger charge is -2.42. The summed E-state index contributed by atoms with van der Waals surface area (Å²) in [6.07, 6.45) is 5.06. The van der Waals surface area contributed by atoms with Gasteiger partial charge in [-0.15, -0.1) is 0 Å². The van der Waals surface area contributed by atoms with Crippen LogP contribution in [0.1, 0.15) is 37.7 Å². The minimum absolute atomic E-state index is 0.00315. The Morgan fingerprint density at radius 1 is 1.08 bits per heavy atom. The molecule has 5 heteroatoms. The highest BCUT2D eigenvalue weighted by atomic mass is 32.2. The monoisotopic (exact) mass is 376 g/mol. The van der Waals surface area contributed by atoms with Crippen LogP contribution in [0.5, 0.6) is 0 Å². The fourth-order valence-electron chi connectivity index (χ4n) is 4.09. The summed E-state index contributed by atoms with van der Waals surface area (Å²) in [5.74, 6) is 2.12. The molecule has 1 N–H and O–H groups in total. The second-order valence-corrected chi connectivity index (χ2v) is 8.92. The largest absolute Gasteiger partial charge is 0.396 e. The van der Waals surface area contributed by atoms with Gasteiger partial charge in [0, 0.05) is 43.0 Å². The maximum atomic E-state index is 12.5. The van der Waals surface area contributed by atoms with Crippen molar-refractivity contribution in [2.45, 2.75) is 37.9 Å². The number of carbonyl (C=O) groups is 1. The zero-order valence-corrected chi connectivity index (χ0v) is 16.6. The Kier molecular flexibility index (Phi) is 7.41. The van der Waals surface area contributed by atoms with Crippen LogP contribution >= 0.6 is 11.8 Å². The molecule has 0 radical (unpaired) electrons. The molecule has 3 rings (SSSR count). The van der Waals surface area contributed by atoms with Crippen LogP contribution in [-0.2, 0) is 10.5 Å². The molecule has 0 spiro atoms. The van der Waals surface area contributed by atoms with E-state index in [0.29, 0.717) is 6.42 Å². The van der Waals surface area contributed by atoms with Crippen molar-refractivity contribution in [1.82, 2.24) is 9.80 Å². The average molecular weight is 377 g/mol. The zero-order valence-electron chi connectivity index (χ0n) is 15.7. The lowest BCUT2D eigenvalue weighted by molar-refractivity contribution is -0.133. The maximum absolute atomic E-state index is 12.5. The summed E-state index contributed by atoms with van der Waals surface area (Å²) in [4.78, 5) is 17.0. The molecule has 0 unspecified atom stereocenters. The molecule has 2 saturated heterocycles. The molecule has 1 aromatic carbocycles. The number of hydrogen-bond donors (Lipinski definition) is 1. The molecule has 2 fully saturated rings. The van der Waals surface area contributed by atoms with Gasteiger partial charge < -0.3 is 14.9 Å². The van der Waals surface area contributed by atoms with Crippen LogP contribution in [-0.4, -0.2) is 65.9 Å². The SMILES string of the molecule is O=C(CCSCc1ccccc1)N1CCC(CO)(CN2CCCC2)CC1. The fourth-order valence-corrected chi connectivity index (χ4v) is 4.99. The van der Waals surface area contributed by atoms with E-state index >= 15 is 0 Å². The summed E-state index contributed by atoms with van der Waals surface area (Å²) in [6.45, 7) is 5.19. The van der Waals surface area contributed by atoms with Crippen molar-refractivity contribution in [3.63, 3.8) is 0 Å². The summed E-state index contributed by atoms with van der Waals surface area (Å²) in [7, 11) is 0. The summed E-state index contributed by atoms with van der Waals surface area (Å²) in [5, 5.41) is 9.97. The van der Waals surface area contributed by atoms with Crippen molar-refractivity contribution < 1.29 is 9.90 Å². The number of hydrogen-bond acceptors (Lipinski definition) is 4. The molecular weight excluding hydrogens is 344 g/mol. The molecule has 1 aromatic rings. The van der Waals surface area contributed by atoms with Crippen LogP contribution in [0, 0.1) is 5.41 Å². The molecule has 144 valence electrons. The summed E-state index contributed by atoms with van der Waals surface area (Å²) < 4.78 is 0. The molecule has 0 aromatic heterocycles. The number of benzene rings is 1. The smallest absolute Gasteiger partial charge is 0.223 e. The summed E-state index contributed by atoms with van der Waals surface area (Å²) in [6, 6.07) is 10.4. The van der Waals surface area contributed by atoms with Gasteiger partial charge in [-0.25, -0.2) is 0 Å². The fraction of sp³-hybridized carbons (Fsp3) is 0.667. The highest BCUT2D eigenvalue weighted by Crippen LogP contribution is 2.33. The Hall–Kier alpha value is -1.04. The molecule has 2 heterocycles. The van der Waals surface area contributed by atoms with Gasteiger partial charge in [-0.2, -0.15) is 11.8 Å². The van der Waals surface area contributed by atoms with Gasteiger partial charge in [0.2, 0.25) is 5.91 Å². The Morgan fingerprint density at radius 2 is 1.77 bits per heavy atom. The van der Waals surface area contributed by atoms with Crippen LogP contribution < -0.4 is 0 Å². The van der Waals surface area contributed by atoms with Gasteiger partial charge in [0.25, 0.3) is 0 Å². The Bertz CT molecular complexity index is 552. The number of nitrogens with zero attached hydrogens (tertiary/aromatic N) is 2. The van der Waals surface area contributed by atoms with E-state index in [1.54, 1.807) is 0 Å². The van der Waals surface area contributed by atoms with E-state index in [1.807, 2.05) is 22.7 Å². The number of amides is 1. The first-order valence-electron chi connectivity index (χ1n) is 9.93. The van der Waals surface area contributed by atoms with Crippen LogP contribution in [0.25, 0.3) is 0 Å². The second-order valence-electron chi connectivity index (χ2n) is 7.81. The summed E-state index contributed by atoms with van der Waals surface area (Å²) in [5.41, 5.74) is 1.32. The molecule has 0 aliphatic carbocycles. The second kappa shape index (κ2) is 9.77. The van der Waals surface area contributed by atoms with E-state index in [4.69, 9.17) is 0 Å². The molecule has 0 atom stereocenters. The molecule has 2 aliphatic heterocycles. The standard InChI is InChI=1S/C21H32N2O2S/c24-18-21(17-22-11-4-5-12-22)9-13-23(14-10-21)20(25)8-15-26-16-19-6-2-1-3-7-19/h1-3,6-7,24H,4-5,8-18H2. The predicted molar refractivity (Wildman–Crippen MR) is 108 cm³/mol. The molecule has 0 bridgehead atoms. The topological polar surface area (TPSA) is 43.8 Å². The number of likely N-dealkylation sites (tertiary alicyclic amines) is 2. The van der Waals surface area contributed by atoms with Gasteiger partial charge >= 0.3 is 0 Å². The van der Waals surface area contributed by atoms with E-state index in [2.05, 4.69) is 29.2 Å². The number of aliphatic hydroxyl groups excluding tert-OH is 1. The third kappa shape index (κ3) is 5.48. The van der Waals surface area contributed by atoms with Crippen LogP contribution in [0.3, 0.4) is 0 Å². The quantitative estimate of drug-likeness (QED) is 0.709. The molecule has 0 saturated carbocycles. The van der Waals surface area contributed by atoms with E-state index in [9.17, 15) is 9.90 Å². The van der Waals surface area contributed by atoms with Crippen molar-refractivity contribution >= 4 is 17.7 Å². The molecular formula is C21H32N2O2S. The predicted octanol–water partition coefficient (Wildman–Crippen LogP) is 3.01. The highest BCUT2D eigenvalue weighted by molar-refractivity contribution is 7.98. The normalized spacial score (nSPS) is 20.4. The number of piperidine rings is 1. The van der Waals surface area contributed by atoms with Crippen molar-refractivity contribution in [3.8, 4) is 0 Å². The van der Waals surface area contributed by atoms with Crippen molar-refractivity contribution in [1.29, 1.82) is 0 Å². The first-order chi connectivity index (χ1) is 12.7. The van der Waals surface area contributed by atoms with Crippen LogP contribution in [0.4, 0.5) is 0 Å². The van der Waals surface area contributed by atoms with Crippen molar-refractivity contribution in [2.75, 3.05) is 45.1 Å². The Labute approximate surface area is 161 Å². The molecule has 26 heavy (non-hydrogen) atoms. The van der Waals surface area contributed by atoms with E-state index < -0.39 is 0 Å². The minimum Gasteiger partial charge on any atom is -0.396 e. The Morgan fingerprint density at radius 3 is 2.42 bits per heavy atom. The zero-order chi connectivity index (χ0) is 18.2. The summed E-state index contributed by atoms with van der Waals surface area (Å²) >= 11 is 1.83. The number of rotatable bonds is 8. The van der Waals surface area contributed by atoms with Gasteiger partial charge in [-0.1, -0.05) is 30.3 Å². The van der Waals surface area contributed by atoms with Crippen LogP contribution in [0.2, 0.25) is 0 Å². The highest BCUT2D eigenvalue weighted by Gasteiger charge is 2.37. The van der Waals surface area contributed by atoms with E-state index in [1.165, 1.54) is 31.5 Å². The maximum Gasteiger partial charge on any atom is 0.223 e. The lowest BCUT2D eigenvalue weighted by Crippen LogP contribution is -2.49. The van der Waals surface area contributed by atoms with E-state index in [0.717, 1.165) is 44.0 Å². The van der Waals surface area contributed by atoms with Gasteiger partial charge in [-0.3, -0.25) is 4.79 Å². The molecule has 4 nitrogen and oxygen atoms in total. The first kappa shape index (κ1) is 19.7. The van der Waals surface area contributed by atoms with Crippen LogP contribution in [0.15, 0.2) is 30.3 Å².